The van der Waals surface area contributed by atoms with E-state index in [0.29, 0.717) is 6.20 Å². The van der Waals surface area contributed by atoms with Crippen molar-refractivity contribution in [3.63, 3.8) is 0 Å². The summed E-state index contributed by atoms with van der Waals surface area (Å²) in [5.41, 5.74) is -1.81. The van der Waals surface area contributed by atoms with Gasteiger partial charge in [-0.15, -0.1) is 0 Å². The van der Waals surface area contributed by atoms with Crippen LogP contribution in [0.2, 0.25) is 5.02 Å². The number of hydrogen-bond donors (Lipinski definition) is 2. The fourth-order valence-corrected chi connectivity index (χ4v) is 2.57. The molecule has 0 aliphatic carbocycles. The van der Waals surface area contributed by atoms with Crippen molar-refractivity contribution in [1.29, 1.82) is 0 Å². The van der Waals surface area contributed by atoms with Gasteiger partial charge in [-0.1, -0.05) is 11.6 Å². The maximum absolute atomic E-state index is 13.4. The molecule has 0 unspecified atom stereocenters. The average Bonchev–Trinajstić information content (AvgIpc) is 2.77. The summed E-state index contributed by atoms with van der Waals surface area (Å²) >= 11 is 6.22. The van der Waals surface area contributed by atoms with Crippen LogP contribution in [0, 0.1) is 0 Å². The lowest BCUT2D eigenvalue weighted by Crippen LogP contribution is -2.40. The molecule has 1 aromatic heterocycles. The Hall–Kier alpha value is -2.79. The van der Waals surface area contributed by atoms with Gasteiger partial charge in [0.1, 0.15) is 17.1 Å². The van der Waals surface area contributed by atoms with Gasteiger partial charge in [0, 0.05) is 32.3 Å². The van der Waals surface area contributed by atoms with Crippen molar-refractivity contribution in [2.45, 2.75) is 6.18 Å². The van der Waals surface area contributed by atoms with Crippen molar-refractivity contribution >= 4 is 35.0 Å². The molecular weight excluding hydrogens is 427 g/mol. The molecule has 162 valence electrons. The molecule has 12 heteroatoms. The molecule has 1 aromatic carbocycles. The van der Waals surface area contributed by atoms with Gasteiger partial charge in [0.15, 0.2) is 0 Å². The topological polar surface area (TPSA) is 88.6 Å². The van der Waals surface area contributed by atoms with E-state index >= 15 is 0 Å². The number of methoxy groups -OCH3 is 1. The van der Waals surface area contributed by atoms with E-state index in [0.717, 1.165) is 19.2 Å². The van der Waals surface area contributed by atoms with Crippen molar-refractivity contribution in [1.82, 2.24) is 14.9 Å². The van der Waals surface area contributed by atoms with Gasteiger partial charge < -0.3 is 25.0 Å². The number of ether oxygens (including phenoxy) is 2. The van der Waals surface area contributed by atoms with Crippen LogP contribution in [-0.2, 0) is 10.9 Å². The first-order chi connectivity index (χ1) is 17.2. The van der Waals surface area contributed by atoms with Gasteiger partial charge in [-0.05, 0) is 6.07 Å². The molecular formula is C18H19ClF3N5O3. The van der Waals surface area contributed by atoms with Crippen molar-refractivity contribution in [2.75, 3.05) is 50.9 Å². The van der Waals surface area contributed by atoms with Crippen LogP contribution >= 0.6 is 11.6 Å². The fraction of sp³-hybridized carbons (Fsp3) is 0.389. The molecule has 0 atom stereocenters. The first-order valence-electron chi connectivity index (χ1n) is 12.0. The molecule has 1 fully saturated rings. The molecule has 0 bridgehead atoms. The zero-order valence-electron chi connectivity index (χ0n) is 23.3. The Kier molecular flexibility index (Phi) is 4.01. The Labute approximate surface area is 186 Å². The second-order valence-electron chi connectivity index (χ2n) is 5.53. The highest BCUT2D eigenvalue weighted by Crippen LogP contribution is 2.36. The third-order valence-corrected chi connectivity index (χ3v) is 4.03. The van der Waals surface area contributed by atoms with Gasteiger partial charge in [0.05, 0.1) is 47.5 Å². The predicted molar refractivity (Wildman–Crippen MR) is 105 cm³/mol. The Morgan fingerprint density at radius 2 is 2.07 bits per heavy atom. The number of nitrogens with zero attached hydrogens (tertiary/aromatic N) is 3. The molecule has 2 aromatic rings. The Morgan fingerprint density at radius 1 is 1.37 bits per heavy atom. The van der Waals surface area contributed by atoms with Crippen LogP contribution in [-0.4, -0.2) is 61.0 Å². The number of hydrogen-bond acceptors (Lipinski definition) is 7. The molecule has 8 nitrogen and oxygen atoms in total. The van der Waals surface area contributed by atoms with Crippen LogP contribution in [0.4, 0.5) is 30.6 Å². The molecule has 1 aliphatic rings. The fourth-order valence-electron chi connectivity index (χ4n) is 2.36. The number of carbonyl (C=O) groups excluding carboxylic acids is 1. The second-order valence-corrected chi connectivity index (χ2v) is 5.94. The predicted octanol–water partition coefficient (Wildman–Crippen LogP) is 3.42. The monoisotopic (exact) mass is 453 g/mol. The van der Waals surface area contributed by atoms with E-state index in [1.165, 1.54) is 7.05 Å². The molecule has 30 heavy (non-hydrogen) atoms. The van der Waals surface area contributed by atoms with Crippen LogP contribution in [0.15, 0.2) is 18.3 Å². The summed E-state index contributed by atoms with van der Waals surface area (Å²) in [5.74, 6) is -2.79. The number of anilines is 3. The second kappa shape index (κ2) is 8.92. The highest BCUT2D eigenvalue weighted by molar-refractivity contribution is 6.33. The van der Waals surface area contributed by atoms with E-state index in [2.05, 4.69) is 25.3 Å². The number of amides is 1. The molecule has 2 N–H and O–H groups in total. The quantitative estimate of drug-likeness (QED) is 0.717. The van der Waals surface area contributed by atoms with E-state index in [1.54, 1.807) is 0 Å². The maximum Gasteiger partial charge on any atom is 0.421 e. The zero-order chi connectivity index (χ0) is 29.1. The van der Waals surface area contributed by atoms with Crippen molar-refractivity contribution < 1.29 is 38.4 Å². The van der Waals surface area contributed by atoms with Crippen molar-refractivity contribution in [2.24, 2.45) is 0 Å². The van der Waals surface area contributed by atoms with Crippen LogP contribution in [0.3, 0.4) is 0 Å². The van der Waals surface area contributed by atoms with E-state index in [9.17, 15) is 18.0 Å². The van der Waals surface area contributed by atoms with Crippen LogP contribution < -0.4 is 15.4 Å². The Morgan fingerprint density at radius 3 is 2.67 bits per heavy atom. The molecule has 2 heterocycles. The summed E-state index contributed by atoms with van der Waals surface area (Å²) in [6.07, 6.45) is -4.21. The minimum absolute atomic E-state index is 0.0828. The maximum atomic E-state index is 13.4. The Bertz CT molecular complexity index is 1240. The largest absolute Gasteiger partial charge is 0.496 e. The lowest BCUT2D eigenvalue weighted by Gasteiger charge is -2.27. The molecule has 0 radical (unpaired) electrons. The lowest BCUT2D eigenvalue weighted by atomic mass is 10.1. The molecule has 1 amide bonds. The first kappa shape index (κ1) is 13.5. The number of aromatic nitrogens is 2. The molecule has 1 aliphatic heterocycles. The van der Waals surface area contributed by atoms with Gasteiger partial charge in [0.2, 0.25) is 5.95 Å². The Balaban J connectivity index is 2.06. The van der Waals surface area contributed by atoms with E-state index in [-0.39, 0.29) is 27.3 Å². The van der Waals surface area contributed by atoms with Gasteiger partial charge >= 0.3 is 6.18 Å². The molecule has 1 saturated heterocycles. The van der Waals surface area contributed by atoms with Gasteiger partial charge in [-0.3, -0.25) is 4.79 Å². The first-order valence-corrected chi connectivity index (χ1v) is 8.40. The van der Waals surface area contributed by atoms with Gasteiger partial charge in [0.25, 0.3) is 5.91 Å². The van der Waals surface area contributed by atoms with E-state index in [1.807, 2.05) is 0 Å². The number of benzene rings is 1. The van der Waals surface area contributed by atoms with Crippen molar-refractivity contribution in [3.05, 3.63) is 34.5 Å². The third kappa shape index (κ3) is 4.68. The highest BCUT2D eigenvalue weighted by atomic mass is 35.5. The van der Waals surface area contributed by atoms with E-state index < -0.39 is 55.1 Å². The summed E-state index contributed by atoms with van der Waals surface area (Å²) in [6, 6.07) is 1.95. The number of alkyl halides is 3. The third-order valence-electron chi connectivity index (χ3n) is 3.72. The number of nitrogens with one attached hydrogen (secondary N) is 2. The summed E-state index contributed by atoms with van der Waals surface area (Å²) in [5, 5.41) is 4.54. The summed E-state index contributed by atoms with van der Waals surface area (Å²) in [4.78, 5) is 20.4. The lowest BCUT2D eigenvalue weighted by molar-refractivity contribution is -0.137. The standard InChI is InChI=1S/C18H19ClF3N5O3/c1-23-15-11(18(20,21)22)9-24-17(26-15)25-13-8-14(29-2)10(7-12(13)19)16(28)27-3-5-30-6-4-27/h7-9H,3-6H2,1-2H3,(H2,23,24,25,26)/i3D2,4D2,5D2,6D2. The highest BCUT2D eigenvalue weighted by Gasteiger charge is 2.35. The van der Waals surface area contributed by atoms with Crippen LogP contribution in [0.5, 0.6) is 5.75 Å². The number of carbonyl (C=O) groups is 1. The van der Waals surface area contributed by atoms with Crippen LogP contribution in [0.1, 0.15) is 26.9 Å². The number of rotatable bonds is 5. The normalized spacial score (nSPS) is 25.1. The smallest absolute Gasteiger partial charge is 0.421 e. The molecule has 3 rings (SSSR count). The molecule has 0 saturated carbocycles. The molecule has 0 spiro atoms. The average molecular weight is 454 g/mol. The van der Waals surface area contributed by atoms with Crippen molar-refractivity contribution in [3.8, 4) is 5.75 Å². The zero-order valence-corrected chi connectivity index (χ0v) is 16.1. The van der Waals surface area contributed by atoms with E-state index in [4.69, 9.17) is 27.3 Å². The summed E-state index contributed by atoms with van der Waals surface area (Å²) in [6.45, 7) is -14.0. The minimum Gasteiger partial charge on any atom is -0.496 e. The summed E-state index contributed by atoms with van der Waals surface area (Å²) in [7, 11) is 2.30. The SMILES string of the molecule is [2H]C1([2H])OC([2H])([2H])C([2H])([2H])N(C(=O)c2cc(Cl)c(Nc3ncc(C(F)(F)F)c(NC)n3)cc2OC)C1([2H])[2H]. The van der Waals surface area contributed by atoms with Crippen LogP contribution in [0.25, 0.3) is 0 Å². The summed E-state index contributed by atoms with van der Waals surface area (Å²) < 4.78 is 112. The number of morpholine rings is 1. The minimum atomic E-state index is -4.74. The van der Waals surface area contributed by atoms with Gasteiger partial charge in [-0.25, -0.2) is 4.98 Å². The number of halogens is 4. The van der Waals surface area contributed by atoms with Gasteiger partial charge in [-0.2, -0.15) is 18.2 Å².